The van der Waals surface area contributed by atoms with Crippen LogP contribution in [-0.4, -0.2) is 53.4 Å². The van der Waals surface area contributed by atoms with Gasteiger partial charge in [-0.3, -0.25) is 4.90 Å². The number of unbranched alkanes of at least 4 members (excludes halogenated alkanes) is 1. The summed E-state index contributed by atoms with van der Waals surface area (Å²) in [4.78, 5) is 4.71. The first kappa shape index (κ1) is 23.9. The molecule has 0 aromatic carbocycles. The summed E-state index contributed by atoms with van der Waals surface area (Å²) in [7, 11) is -1.65. The quantitative estimate of drug-likeness (QED) is 0.324. The lowest BCUT2D eigenvalue weighted by atomic mass is 9.87. The van der Waals surface area contributed by atoms with E-state index in [2.05, 4.69) is 57.7 Å². The highest BCUT2D eigenvalue weighted by Crippen LogP contribution is 2.46. The molecule has 0 aliphatic carbocycles. The molecule has 0 spiro atoms. The zero-order chi connectivity index (χ0) is 21.9. The van der Waals surface area contributed by atoms with Crippen LogP contribution < -0.4 is 0 Å². The van der Waals surface area contributed by atoms with Gasteiger partial charge in [0.15, 0.2) is 8.32 Å². The molecule has 2 aliphatic rings. The predicted octanol–water partition coefficient (Wildman–Crippen LogP) is 5.84. The van der Waals surface area contributed by atoms with Crippen LogP contribution in [0.1, 0.15) is 91.2 Å². The van der Waals surface area contributed by atoms with Gasteiger partial charge in [-0.05, 0) is 62.7 Å². The van der Waals surface area contributed by atoms with Gasteiger partial charge < -0.3 is 4.43 Å². The summed E-state index contributed by atoms with van der Waals surface area (Å²) in [6, 6.07) is 1.48. The molecule has 0 amide bonds. The first-order valence-electron chi connectivity index (χ1n) is 12.4. The molecule has 1 aromatic heterocycles. The largest absolute Gasteiger partial charge is 0.417 e. The van der Waals surface area contributed by atoms with Gasteiger partial charge in [-0.25, -0.2) is 0 Å². The normalized spacial score (nSPS) is 25.0. The van der Waals surface area contributed by atoms with Gasteiger partial charge in [0.05, 0.1) is 18.4 Å². The molecule has 2 fully saturated rings. The Kier molecular flexibility index (Phi) is 7.84. The van der Waals surface area contributed by atoms with E-state index in [4.69, 9.17) is 9.52 Å². The topological polar surface area (TPSA) is 43.2 Å². The third kappa shape index (κ3) is 5.74. The lowest BCUT2D eigenvalue weighted by molar-refractivity contribution is 0.240. The average Bonchev–Trinajstić information content (AvgIpc) is 3.36. The number of aromatic nitrogens is 3. The minimum absolute atomic E-state index is 0.270. The maximum atomic E-state index is 6.30. The number of fused-ring (bicyclic) bond motifs is 2. The van der Waals surface area contributed by atoms with E-state index >= 15 is 0 Å². The van der Waals surface area contributed by atoms with Crippen molar-refractivity contribution in [3.05, 3.63) is 11.9 Å². The molecule has 30 heavy (non-hydrogen) atoms. The zero-order valence-electron chi connectivity index (χ0n) is 20.7. The van der Waals surface area contributed by atoms with Crippen molar-refractivity contribution < 1.29 is 4.43 Å². The van der Waals surface area contributed by atoms with E-state index in [1.165, 1.54) is 50.8 Å². The average molecular weight is 435 g/mol. The predicted molar refractivity (Wildman–Crippen MR) is 127 cm³/mol. The van der Waals surface area contributed by atoms with Gasteiger partial charge in [-0.15, -0.1) is 0 Å². The summed E-state index contributed by atoms with van der Waals surface area (Å²) >= 11 is 0. The van der Waals surface area contributed by atoms with Crippen LogP contribution in [0.3, 0.4) is 0 Å². The van der Waals surface area contributed by atoms with E-state index in [0.29, 0.717) is 12.0 Å². The summed E-state index contributed by atoms with van der Waals surface area (Å²) in [5, 5.41) is 9.74. The lowest BCUT2D eigenvalue weighted by Crippen LogP contribution is -2.41. The molecule has 1 aromatic rings. The monoisotopic (exact) mass is 434 g/mol. The number of hydrogen-bond acceptors (Lipinski definition) is 4. The third-order valence-electron chi connectivity index (χ3n) is 7.83. The molecule has 0 radical (unpaired) electrons. The fraction of sp³-hybridized carbons (Fsp3) is 0.917. The van der Waals surface area contributed by atoms with Gasteiger partial charge >= 0.3 is 0 Å². The minimum atomic E-state index is -1.65. The molecule has 2 aliphatic heterocycles. The van der Waals surface area contributed by atoms with Gasteiger partial charge in [0, 0.05) is 24.6 Å². The number of rotatable bonds is 11. The van der Waals surface area contributed by atoms with Crippen molar-refractivity contribution in [2.75, 3.05) is 13.2 Å². The highest BCUT2D eigenvalue weighted by molar-refractivity contribution is 6.74. The van der Waals surface area contributed by atoms with Gasteiger partial charge in [-0.1, -0.05) is 47.5 Å². The number of aryl methyl sites for hydroxylation is 1. The Morgan fingerprint density at radius 1 is 1.13 bits per heavy atom. The number of nitrogens with zero attached hydrogens (tertiary/aromatic N) is 4. The van der Waals surface area contributed by atoms with Crippen LogP contribution in [0.2, 0.25) is 18.1 Å². The maximum Gasteiger partial charge on any atom is 0.191 e. The van der Waals surface area contributed by atoms with Crippen LogP contribution in [0.5, 0.6) is 0 Å². The molecular weight excluding hydrogens is 388 g/mol. The number of hydrogen-bond donors (Lipinski definition) is 0. The second-order valence-electron chi connectivity index (χ2n) is 11.6. The summed E-state index contributed by atoms with van der Waals surface area (Å²) in [6.45, 7) is 19.1. The van der Waals surface area contributed by atoms with E-state index in [1.54, 1.807) is 0 Å². The summed E-state index contributed by atoms with van der Waals surface area (Å²) in [6.07, 6.45) is 11.1. The standard InChI is InChI=1S/C24H46N4OSi/c1-19(2)11-8-9-14-27-20-12-13-23(27)21(17-20)22-18-25-28(26-22)15-10-16-29-30(6,7)24(3,4)5/h18-21,23H,8-17H2,1-7H3/t20-,21-,23+/m1/s1. The van der Waals surface area contributed by atoms with Crippen molar-refractivity contribution in [1.82, 2.24) is 19.9 Å². The van der Waals surface area contributed by atoms with Crippen molar-refractivity contribution in [2.24, 2.45) is 5.92 Å². The molecule has 172 valence electrons. The van der Waals surface area contributed by atoms with Crippen molar-refractivity contribution in [3.8, 4) is 0 Å². The Morgan fingerprint density at radius 3 is 2.60 bits per heavy atom. The molecule has 3 rings (SSSR count). The first-order chi connectivity index (χ1) is 14.1. The van der Waals surface area contributed by atoms with Crippen molar-refractivity contribution in [1.29, 1.82) is 0 Å². The molecule has 2 bridgehead atoms. The second kappa shape index (κ2) is 9.82. The molecule has 0 saturated carbocycles. The fourth-order valence-corrected chi connectivity index (χ4v) is 6.04. The van der Waals surface area contributed by atoms with Gasteiger partial charge in [-0.2, -0.15) is 15.0 Å². The Labute approximate surface area is 186 Å². The Morgan fingerprint density at radius 2 is 1.90 bits per heavy atom. The lowest BCUT2D eigenvalue weighted by Gasteiger charge is -2.36. The van der Waals surface area contributed by atoms with Gasteiger partial charge in [0.1, 0.15) is 0 Å². The first-order valence-corrected chi connectivity index (χ1v) is 15.3. The maximum absolute atomic E-state index is 6.30. The summed E-state index contributed by atoms with van der Waals surface area (Å²) < 4.78 is 6.30. The van der Waals surface area contributed by atoms with E-state index in [1.807, 2.05) is 11.0 Å². The molecule has 5 nitrogen and oxygen atoms in total. The van der Waals surface area contributed by atoms with E-state index in [0.717, 1.165) is 31.5 Å². The van der Waals surface area contributed by atoms with Crippen LogP contribution in [0.15, 0.2) is 6.20 Å². The van der Waals surface area contributed by atoms with Crippen LogP contribution >= 0.6 is 0 Å². The third-order valence-corrected chi connectivity index (χ3v) is 12.4. The Bertz CT molecular complexity index is 666. The van der Waals surface area contributed by atoms with Gasteiger partial charge in [0.25, 0.3) is 0 Å². The molecule has 3 atom stereocenters. The van der Waals surface area contributed by atoms with Crippen LogP contribution in [0, 0.1) is 5.92 Å². The molecular formula is C24H46N4OSi. The molecule has 0 N–H and O–H groups in total. The Balaban J connectivity index is 1.45. The second-order valence-corrected chi connectivity index (χ2v) is 16.4. The van der Waals surface area contributed by atoms with Crippen LogP contribution in [0.25, 0.3) is 0 Å². The van der Waals surface area contributed by atoms with E-state index in [-0.39, 0.29) is 5.04 Å². The zero-order valence-corrected chi connectivity index (χ0v) is 21.7. The highest BCUT2D eigenvalue weighted by Gasteiger charge is 2.47. The van der Waals surface area contributed by atoms with E-state index < -0.39 is 8.32 Å². The molecule has 0 unspecified atom stereocenters. The molecule has 2 saturated heterocycles. The molecule has 6 heteroatoms. The van der Waals surface area contributed by atoms with Gasteiger partial charge in [0.2, 0.25) is 0 Å². The van der Waals surface area contributed by atoms with Crippen molar-refractivity contribution in [3.63, 3.8) is 0 Å². The van der Waals surface area contributed by atoms with Crippen LogP contribution in [0.4, 0.5) is 0 Å². The minimum Gasteiger partial charge on any atom is -0.417 e. The fourth-order valence-electron chi connectivity index (χ4n) is 4.95. The van der Waals surface area contributed by atoms with Crippen LogP contribution in [-0.2, 0) is 11.0 Å². The molecule has 3 heterocycles. The van der Waals surface area contributed by atoms with E-state index in [9.17, 15) is 0 Å². The highest BCUT2D eigenvalue weighted by atomic mass is 28.4. The summed E-state index contributed by atoms with van der Waals surface area (Å²) in [5.41, 5.74) is 1.22. The van der Waals surface area contributed by atoms with Crippen molar-refractivity contribution in [2.45, 2.75) is 122 Å². The SMILES string of the molecule is CC(C)CCCCN1[C@@H]2CC[C@H]1[C@@H](c1cnn(CCCO[Si](C)(C)C(C)(C)C)n1)C2. The Hall–Kier alpha value is -0.723. The van der Waals surface area contributed by atoms with Crippen molar-refractivity contribution >= 4 is 8.32 Å². The smallest absolute Gasteiger partial charge is 0.191 e. The summed E-state index contributed by atoms with van der Waals surface area (Å²) in [5.74, 6) is 1.42.